The molecule has 0 bridgehead atoms. The van der Waals surface area contributed by atoms with Gasteiger partial charge in [0.1, 0.15) is 30.4 Å². The van der Waals surface area contributed by atoms with Crippen molar-refractivity contribution in [2.45, 2.75) is 0 Å². The highest BCUT2D eigenvalue weighted by Crippen LogP contribution is 2.27. The fraction of sp³-hybridized carbons (Fsp3) is 0.200. The number of carbonyl (C=O) groups excluding carboxylic acids is 2. The maximum atomic E-state index is 12.2. The molecule has 0 unspecified atom stereocenters. The van der Waals surface area contributed by atoms with E-state index < -0.39 is 11.8 Å². The molecule has 2 aromatic rings. The van der Waals surface area contributed by atoms with Crippen LogP contribution in [0.3, 0.4) is 0 Å². The fourth-order valence-electron chi connectivity index (χ4n) is 2.58. The number of para-hydroxylation sites is 3. The second-order valence-electron chi connectivity index (χ2n) is 5.71. The molecule has 7 heteroatoms. The number of nitrogens with one attached hydrogen (secondary N) is 1. The molecular weight excluding hydrogens is 348 g/mol. The minimum absolute atomic E-state index is 0.0334. The largest absolute Gasteiger partial charge is 0.490 e. The van der Waals surface area contributed by atoms with Crippen molar-refractivity contribution in [1.82, 2.24) is 4.90 Å². The summed E-state index contributed by atoms with van der Waals surface area (Å²) in [7, 11) is 0. The van der Waals surface area contributed by atoms with Crippen LogP contribution in [0.2, 0.25) is 0 Å². The summed E-state index contributed by atoms with van der Waals surface area (Å²) in [5.74, 6) is 0.370. The van der Waals surface area contributed by atoms with Gasteiger partial charge in [-0.05, 0) is 24.3 Å². The molecule has 3 rings (SSSR count). The highest BCUT2D eigenvalue weighted by Gasteiger charge is 2.30. The molecule has 0 aromatic heterocycles. The van der Waals surface area contributed by atoms with Crippen LogP contribution in [0.15, 0.2) is 66.4 Å². The lowest BCUT2D eigenvalue weighted by atomic mass is 10.2. The lowest BCUT2D eigenvalue weighted by Gasteiger charge is -2.15. The average molecular weight is 368 g/mol. The van der Waals surface area contributed by atoms with Crippen LogP contribution in [-0.2, 0) is 9.59 Å². The van der Waals surface area contributed by atoms with Gasteiger partial charge in [0, 0.05) is 6.08 Å². The first kappa shape index (κ1) is 18.5. The van der Waals surface area contributed by atoms with Gasteiger partial charge in [0.25, 0.3) is 11.8 Å². The van der Waals surface area contributed by atoms with Crippen molar-refractivity contribution in [2.24, 2.45) is 0 Å². The number of aliphatic hydroxyl groups excluding tert-OH is 1. The third-order valence-corrected chi connectivity index (χ3v) is 3.84. The Morgan fingerprint density at radius 2 is 1.63 bits per heavy atom. The van der Waals surface area contributed by atoms with Crippen LogP contribution in [0.1, 0.15) is 0 Å². The number of imide groups is 1. The standard InChI is InChI=1S/C20H20N2O5/c23-11-10-22-19(24)14-17(20(22)25)21-16-8-4-5-9-18(16)27-13-12-26-15-6-2-1-3-7-15/h1-9,14,21,23H,10-13H2. The number of aliphatic hydroxyl groups is 1. The lowest BCUT2D eigenvalue weighted by Crippen LogP contribution is -2.34. The number of anilines is 1. The summed E-state index contributed by atoms with van der Waals surface area (Å²) < 4.78 is 11.3. The topological polar surface area (TPSA) is 88.1 Å². The van der Waals surface area contributed by atoms with Crippen molar-refractivity contribution in [3.05, 3.63) is 66.4 Å². The van der Waals surface area contributed by atoms with E-state index in [0.29, 0.717) is 24.7 Å². The van der Waals surface area contributed by atoms with Crippen LogP contribution in [-0.4, -0.2) is 48.2 Å². The Labute approximate surface area is 156 Å². The molecule has 1 heterocycles. The minimum atomic E-state index is -0.476. The Balaban J connectivity index is 1.58. The molecule has 1 aliphatic heterocycles. The number of hydrogen-bond acceptors (Lipinski definition) is 6. The molecular formula is C20H20N2O5. The summed E-state index contributed by atoms with van der Waals surface area (Å²) in [6, 6.07) is 16.5. The molecule has 2 N–H and O–H groups in total. The van der Waals surface area contributed by atoms with Crippen molar-refractivity contribution >= 4 is 17.5 Å². The zero-order valence-electron chi connectivity index (χ0n) is 14.6. The molecule has 0 saturated carbocycles. The van der Waals surface area contributed by atoms with E-state index in [2.05, 4.69) is 5.32 Å². The van der Waals surface area contributed by atoms with Gasteiger partial charge in [-0.3, -0.25) is 14.5 Å². The Bertz CT molecular complexity index is 835. The lowest BCUT2D eigenvalue weighted by molar-refractivity contribution is -0.137. The van der Waals surface area contributed by atoms with Crippen molar-refractivity contribution in [1.29, 1.82) is 0 Å². The second kappa shape index (κ2) is 8.86. The third-order valence-electron chi connectivity index (χ3n) is 3.84. The molecule has 0 fully saturated rings. The SMILES string of the molecule is O=C1C=C(Nc2ccccc2OCCOc2ccccc2)C(=O)N1CCO. The smallest absolute Gasteiger partial charge is 0.277 e. The van der Waals surface area contributed by atoms with Gasteiger partial charge in [-0.1, -0.05) is 30.3 Å². The Morgan fingerprint density at radius 1 is 0.926 bits per heavy atom. The van der Waals surface area contributed by atoms with E-state index in [9.17, 15) is 9.59 Å². The highest BCUT2D eigenvalue weighted by molar-refractivity contribution is 6.17. The summed E-state index contributed by atoms with van der Waals surface area (Å²) in [5, 5.41) is 11.9. The maximum absolute atomic E-state index is 12.2. The van der Waals surface area contributed by atoms with E-state index in [1.165, 1.54) is 6.08 Å². The first-order valence-corrected chi connectivity index (χ1v) is 8.54. The third kappa shape index (κ3) is 4.65. The highest BCUT2D eigenvalue weighted by atomic mass is 16.5. The van der Waals surface area contributed by atoms with Crippen LogP contribution >= 0.6 is 0 Å². The van der Waals surface area contributed by atoms with E-state index >= 15 is 0 Å². The molecule has 1 aliphatic rings. The van der Waals surface area contributed by atoms with E-state index in [1.807, 2.05) is 36.4 Å². The Morgan fingerprint density at radius 3 is 2.41 bits per heavy atom. The van der Waals surface area contributed by atoms with Gasteiger partial charge in [-0.15, -0.1) is 0 Å². The quantitative estimate of drug-likeness (QED) is 0.518. The van der Waals surface area contributed by atoms with Gasteiger partial charge in [0.2, 0.25) is 0 Å². The van der Waals surface area contributed by atoms with Crippen LogP contribution in [0, 0.1) is 0 Å². The molecule has 2 amide bonds. The van der Waals surface area contributed by atoms with E-state index in [4.69, 9.17) is 14.6 Å². The van der Waals surface area contributed by atoms with E-state index in [-0.39, 0.29) is 18.8 Å². The zero-order chi connectivity index (χ0) is 19.1. The molecule has 0 aliphatic carbocycles. The van der Waals surface area contributed by atoms with E-state index in [1.54, 1.807) is 18.2 Å². The predicted octanol–water partition coefficient (Wildman–Crippen LogP) is 1.80. The van der Waals surface area contributed by atoms with Gasteiger partial charge in [0.15, 0.2) is 0 Å². The van der Waals surface area contributed by atoms with Crippen molar-refractivity contribution in [3.63, 3.8) is 0 Å². The number of amides is 2. The second-order valence-corrected chi connectivity index (χ2v) is 5.71. The number of rotatable bonds is 9. The minimum Gasteiger partial charge on any atom is -0.490 e. The maximum Gasteiger partial charge on any atom is 0.277 e. The molecule has 2 aromatic carbocycles. The normalized spacial score (nSPS) is 13.5. The molecule has 7 nitrogen and oxygen atoms in total. The fourth-order valence-corrected chi connectivity index (χ4v) is 2.58. The molecule has 0 spiro atoms. The van der Waals surface area contributed by atoms with Gasteiger partial charge < -0.3 is 19.9 Å². The Hall–Kier alpha value is -3.32. The Kier molecular flexibility index (Phi) is 6.06. The van der Waals surface area contributed by atoms with Gasteiger partial charge in [0.05, 0.1) is 18.8 Å². The molecule has 0 atom stereocenters. The van der Waals surface area contributed by atoms with Crippen LogP contribution in [0.5, 0.6) is 11.5 Å². The number of β-amino-alcohol motifs (C(OH)–C–C–N with tert-alkyl or cyclic N) is 1. The first-order valence-electron chi connectivity index (χ1n) is 8.54. The number of benzene rings is 2. The van der Waals surface area contributed by atoms with E-state index in [0.717, 1.165) is 10.6 Å². The average Bonchev–Trinajstić information content (AvgIpc) is 2.95. The summed E-state index contributed by atoms with van der Waals surface area (Å²) in [5.41, 5.74) is 0.709. The number of hydrogen-bond donors (Lipinski definition) is 2. The summed E-state index contributed by atoms with van der Waals surface area (Å²) >= 11 is 0. The molecule has 0 saturated heterocycles. The van der Waals surface area contributed by atoms with Crippen molar-refractivity contribution in [3.8, 4) is 11.5 Å². The monoisotopic (exact) mass is 368 g/mol. The molecule has 140 valence electrons. The summed E-state index contributed by atoms with van der Waals surface area (Å²) in [6.45, 7) is 0.368. The van der Waals surface area contributed by atoms with Crippen molar-refractivity contribution in [2.75, 3.05) is 31.7 Å². The van der Waals surface area contributed by atoms with Gasteiger partial charge in [-0.25, -0.2) is 0 Å². The number of nitrogens with zero attached hydrogens (tertiary/aromatic N) is 1. The first-order chi connectivity index (χ1) is 13.2. The zero-order valence-corrected chi connectivity index (χ0v) is 14.6. The van der Waals surface area contributed by atoms with Crippen LogP contribution in [0.25, 0.3) is 0 Å². The van der Waals surface area contributed by atoms with Gasteiger partial charge in [-0.2, -0.15) is 0 Å². The van der Waals surface area contributed by atoms with Gasteiger partial charge >= 0.3 is 0 Å². The van der Waals surface area contributed by atoms with Crippen molar-refractivity contribution < 1.29 is 24.2 Å². The molecule has 27 heavy (non-hydrogen) atoms. The predicted molar refractivity (Wildman–Crippen MR) is 99.4 cm³/mol. The summed E-state index contributed by atoms with van der Waals surface area (Å²) in [4.78, 5) is 25.1. The van der Waals surface area contributed by atoms with Crippen LogP contribution < -0.4 is 14.8 Å². The summed E-state index contributed by atoms with van der Waals surface area (Å²) in [6.07, 6.45) is 1.22. The molecule has 0 radical (unpaired) electrons. The number of carbonyl (C=O) groups is 2. The van der Waals surface area contributed by atoms with Crippen LogP contribution in [0.4, 0.5) is 5.69 Å². The number of ether oxygens (including phenoxy) is 2.